The van der Waals surface area contributed by atoms with E-state index in [-0.39, 0.29) is 11.4 Å². The predicted octanol–water partition coefficient (Wildman–Crippen LogP) is 9.08. The number of allylic oxidation sites excluding steroid dienone is 3. The van der Waals surface area contributed by atoms with Gasteiger partial charge in [0.1, 0.15) is 0 Å². The number of fused-ring (bicyclic) bond motifs is 7. The molecule has 4 fully saturated rings. The normalized spacial score (nSPS) is 44.5. The molecular formula is C38H55NO2. The second kappa shape index (κ2) is 9.57. The van der Waals surface area contributed by atoms with Gasteiger partial charge in [-0.2, -0.15) is 0 Å². The Kier molecular flexibility index (Phi) is 6.82. The Bertz CT molecular complexity index is 1260. The van der Waals surface area contributed by atoms with Gasteiger partial charge in [-0.05, 0) is 151 Å². The largest absolute Gasteiger partial charge is 0.465 e. The lowest BCUT2D eigenvalue weighted by molar-refractivity contribution is -0.224. The second-order valence-corrected chi connectivity index (χ2v) is 16.4. The van der Waals surface area contributed by atoms with E-state index in [1.54, 1.807) is 0 Å². The van der Waals surface area contributed by atoms with Gasteiger partial charge in [0.15, 0.2) is 0 Å². The molecule has 0 bridgehead atoms. The van der Waals surface area contributed by atoms with Crippen molar-refractivity contribution in [2.75, 3.05) is 13.7 Å². The van der Waals surface area contributed by atoms with Gasteiger partial charge in [-0.3, -0.25) is 0 Å². The summed E-state index contributed by atoms with van der Waals surface area (Å²) in [6.45, 7) is 20.8. The Balaban J connectivity index is 1.35. The van der Waals surface area contributed by atoms with Crippen LogP contribution in [0, 0.1) is 56.7 Å². The fourth-order valence-electron chi connectivity index (χ4n) is 12.6. The number of nitrogens with two attached hydrogens (primary N) is 1. The van der Waals surface area contributed by atoms with Crippen LogP contribution in [0.1, 0.15) is 115 Å². The summed E-state index contributed by atoms with van der Waals surface area (Å²) in [6, 6.07) is 8.12. The summed E-state index contributed by atoms with van der Waals surface area (Å²) in [6.07, 6.45) is 14.4. The van der Waals surface area contributed by atoms with Gasteiger partial charge in [-0.25, -0.2) is 4.79 Å². The molecule has 0 aromatic heterocycles. The lowest BCUT2D eigenvalue weighted by Crippen LogP contribution is -2.65. The zero-order chi connectivity index (χ0) is 29.6. The summed E-state index contributed by atoms with van der Waals surface area (Å²) in [7, 11) is 1.45. The van der Waals surface area contributed by atoms with Gasteiger partial charge >= 0.3 is 5.97 Å². The molecule has 41 heavy (non-hydrogen) atoms. The molecule has 1 unspecified atom stereocenters. The summed E-state index contributed by atoms with van der Waals surface area (Å²) in [5.74, 6) is 3.25. The van der Waals surface area contributed by atoms with Crippen molar-refractivity contribution >= 4 is 11.5 Å². The van der Waals surface area contributed by atoms with E-state index in [2.05, 4.69) is 66.3 Å². The first-order chi connectivity index (χ1) is 19.3. The highest BCUT2D eigenvalue weighted by Crippen LogP contribution is 2.77. The molecule has 9 atom stereocenters. The Labute approximate surface area is 249 Å². The molecule has 0 aliphatic heterocycles. The third-order valence-electron chi connectivity index (χ3n) is 14.8. The highest BCUT2D eigenvalue weighted by atomic mass is 16.5. The fourth-order valence-corrected chi connectivity index (χ4v) is 12.6. The summed E-state index contributed by atoms with van der Waals surface area (Å²) in [5, 5.41) is 0. The number of esters is 1. The molecule has 4 saturated carbocycles. The van der Waals surface area contributed by atoms with Crippen LogP contribution in [-0.2, 0) is 4.74 Å². The number of hydrogen-bond acceptors (Lipinski definition) is 3. The average Bonchev–Trinajstić information content (AvgIpc) is 3.33. The number of methoxy groups -OCH3 is 1. The van der Waals surface area contributed by atoms with Gasteiger partial charge in [0, 0.05) is 0 Å². The van der Waals surface area contributed by atoms with E-state index < -0.39 is 0 Å². The van der Waals surface area contributed by atoms with Crippen LogP contribution in [0.2, 0.25) is 0 Å². The highest BCUT2D eigenvalue weighted by molar-refractivity contribution is 5.89. The SMILES string of the molecule is C=C(C)[C@@H]1CC[C@]2(CN)CC[C@]3(C)C(CC[C@@H]4[C@@]5(C)CC=C(c6ccc(C(=O)OC)cc6)C(C)(C)[C@@H]5CC[C@]43C)[C@@H]12. The lowest BCUT2D eigenvalue weighted by atomic mass is 9.32. The van der Waals surface area contributed by atoms with Gasteiger partial charge < -0.3 is 10.5 Å². The molecule has 1 aromatic rings. The summed E-state index contributed by atoms with van der Waals surface area (Å²) < 4.78 is 4.94. The van der Waals surface area contributed by atoms with Crippen LogP contribution in [-0.4, -0.2) is 19.6 Å². The van der Waals surface area contributed by atoms with Crippen LogP contribution in [0.4, 0.5) is 0 Å². The van der Waals surface area contributed by atoms with Crippen LogP contribution in [0.5, 0.6) is 0 Å². The first-order valence-electron chi connectivity index (χ1n) is 16.5. The molecule has 0 heterocycles. The molecule has 3 nitrogen and oxygen atoms in total. The van der Waals surface area contributed by atoms with Crippen molar-refractivity contribution < 1.29 is 9.53 Å². The molecule has 3 heteroatoms. The molecule has 1 aromatic carbocycles. The highest BCUT2D eigenvalue weighted by Gasteiger charge is 2.70. The smallest absolute Gasteiger partial charge is 0.337 e. The van der Waals surface area contributed by atoms with E-state index >= 15 is 0 Å². The van der Waals surface area contributed by atoms with Crippen LogP contribution in [0.25, 0.3) is 5.57 Å². The lowest BCUT2D eigenvalue weighted by Gasteiger charge is -2.72. The van der Waals surface area contributed by atoms with Gasteiger partial charge in [0.05, 0.1) is 12.7 Å². The first-order valence-corrected chi connectivity index (χ1v) is 16.5. The minimum Gasteiger partial charge on any atom is -0.465 e. The van der Waals surface area contributed by atoms with E-state index in [0.717, 1.165) is 24.8 Å². The molecule has 2 N–H and O–H groups in total. The number of benzene rings is 1. The summed E-state index contributed by atoms with van der Waals surface area (Å²) >= 11 is 0. The number of rotatable bonds is 4. The standard InChI is InChI=1S/C38H55NO2/c1-24(2)27-15-20-38(23-39)22-21-36(6)29(32(27)38)13-14-31-35(5)18-16-28(25-9-11-26(12-10-25)33(40)41-8)34(3,4)30(35)17-19-37(31,36)7/h9-12,16,27,29-32H,1,13-15,17-23,39H2,2-8H3/t27-,29?,30-,31+,32+,35-,36+,37+,38+/m0/s1. The Morgan fingerprint density at radius 3 is 2.27 bits per heavy atom. The second-order valence-electron chi connectivity index (χ2n) is 16.4. The molecule has 224 valence electrons. The Morgan fingerprint density at radius 1 is 0.927 bits per heavy atom. The number of carbonyl (C=O) groups excluding carboxylic acids is 1. The Hall–Kier alpha value is -1.87. The minimum absolute atomic E-state index is 0.0800. The van der Waals surface area contributed by atoms with Gasteiger partial charge in [-0.1, -0.05) is 65.0 Å². The maximum atomic E-state index is 12.0. The maximum Gasteiger partial charge on any atom is 0.337 e. The monoisotopic (exact) mass is 557 g/mol. The third-order valence-corrected chi connectivity index (χ3v) is 14.8. The summed E-state index contributed by atoms with van der Waals surface area (Å²) in [5.41, 5.74) is 12.8. The summed E-state index contributed by atoms with van der Waals surface area (Å²) in [4.78, 5) is 12.0. The van der Waals surface area contributed by atoms with Crippen LogP contribution >= 0.6 is 0 Å². The Morgan fingerprint density at radius 2 is 1.63 bits per heavy atom. The van der Waals surface area contributed by atoms with Gasteiger partial charge in [0.2, 0.25) is 0 Å². The molecule has 5 aliphatic rings. The quantitative estimate of drug-likeness (QED) is 0.297. The predicted molar refractivity (Wildman–Crippen MR) is 169 cm³/mol. The van der Waals surface area contributed by atoms with Gasteiger partial charge in [0.25, 0.3) is 0 Å². The van der Waals surface area contributed by atoms with E-state index in [1.807, 2.05) is 12.1 Å². The topological polar surface area (TPSA) is 52.3 Å². The molecule has 6 rings (SSSR count). The van der Waals surface area contributed by atoms with E-state index in [1.165, 1.54) is 75.2 Å². The van der Waals surface area contributed by atoms with Gasteiger partial charge in [-0.15, -0.1) is 0 Å². The molecule has 0 saturated heterocycles. The van der Waals surface area contributed by atoms with Crippen molar-refractivity contribution in [1.29, 1.82) is 0 Å². The fraction of sp³-hybridized carbons (Fsp3) is 0.711. The first kappa shape index (κ1) is 29.2. The molecule has 5 aliphatic carbocycles. The molecular weight excluding hydrogens is 502 g/mol. The molecule has 0 radical (unpaired) electrons. The van der Waals surface area contributed by atoms with Crippen molar-refractivity contribution in [3.8, 4) is 0 Å². The van der Waals surface area contributed by atoms with Crippen LogP contribution < -0.4 is 5.73 Å². The number of carbonyl (C=O) groups is 1. The molecule has 0 spiro atoms. The van der Waals surface area contributed by atoms with Crippen LogP contribution in [0.15, 0.2) is 42.5 Å². The minimum atomic E-state index is -0.268. The number of ether oxygens (including phenoxy) is 1. The van der Waals surface area contributed by atoms with Crippen molar-refractivity contribution in [2.45, 2.75) is 99.3 Å². The van der Waals surface area contributed by atoms with Crippen molar-refractivity contribution in [3.05, 3.63) is 53.6 Å². The maximum absolute atomic E-state index is 12.0. The third kappa shape index (κ3) is 3.82. The zero-order valence-corrected chi connectivity index (χ0v) is 26.9. The zero-order valence-electron chi connectivity index (χ0n) is 26.9. The van der Waals surface area contributed by atoms with E-state index in [0.29, 0.717) is 45.0 Å². The van der Waals surface area contributed by atoms with Crippen molar-refractivity contribution in [2.24, 2.45) is 62.4 Å². The average molecular weight is 558 g/mol. The van der Waals surface area contributed by atoms with Crippen molar-refractivity contribution in [3.63, 3.8) is 0 Å². The number of hydrogen-bond donors (Lipinski definition) is 1. The van der Waals surface area contributed by atoms with Crippen molar-refractivity contribution in [1.82, 2.24) is 0 Å². The van der Waals surface area contributed by atoms with E-state index in [4.69, 9.17) is 10.5 Å². The van der Waals surface area contributed by atoms with Crippen LogP contribution in [0.3, 0.4) is 0 Å². The molecule has 0 amide bonds. The van der Waals surface area contributed by atoms with E-state index in [9.17, 15) is 4.79 Å².